The van der Waals surface area contributed by atoms with E-state index in [9.17, 15) is 0 Å². The zero-order valence-corrected chi connectivity index (χ0v) is 9.98. The molecule has 92 valence electrons. The van der Waals surface area contributed by atoms with Gasteiger partial charge in [-0.05, 0) is 19.1 Å². The first-order chi connectivity index (χ1) is 8.34. The second kappa shape index (κ2) is 4.50. The third-order valence-corrected chi connectivity index (χ3v) is 3.38. The number of pyridine rings is 1. The smallest absolute Gasteiger partial charge is 0.260 e. The van der Waals surface area contributed by atoms with Crippen molar-refractivity contribution in [2.45, 2.75) is 13.0 Å². The van der Waals surface area contributed by atoms with E-state index in [1.165, 1.54) is 0 Å². The highest BCUT2D eigenvalue weighted by atomic mass is 16.7. The van der Waals surface area contributed by atoms with Gasteiger partial charge in [-0.3, -0.25) is 4.90 Å². The van der Waals surface area contributed by atoms with Crippen molar-refractivity contribution in [2.75, 3.05) is 33.0 Å². The van der Waals surface area contributed by atoms with Crippen molar-refractivity contribution in [3.63, 3.8) is 0 Å². The first-order valence-electron chi connectivity index (χ1n) is 6.06. The Labute approximate surface area is 101 Å². The van der Waals surface area contributed by atoms with Crippen LogP contribution in [0, 0.1) is 0 Å². The third kappa shape index (κ3) is 2.08. The number of hydrogen-bond acceptors (Lipinski definition) is 5. The van der Waals surface area contributed by atoms with Crippen LogP contribution >= 0.6 is 0 Å². The molecule has 0 spiro atoms. The Morgan fingerprint density at radius 2 is 2.12 bits per heavy atom. The number of rotatable bonds is 2. The van der Waals surface area contributed by atoms with E-state index in [1.54, 1.807) is 0 Å². The van der Waals surface area contributed by atoms with Gasteiger partial charge in [0, 0.05) is 32.2 Å². The largest absolute Gasteiger partial charge is 0.452 e. The number of nitrogens with zero attached hydrogens (tertiary/aromatic N) is 2. The monoisotopic (exact) mass is 235 g/mol. The van der Waals surface area contributed by atoms with Gasteiger partial charge >= 0.3 is 0 Å². The molecule has 1 unspecified atom stereocenters. The first-order valence-corrected chi connectivity index (χ1v) is 6.06. The standard InChI is InChI=1S/C12H17N3O2/c1-9(15-6-4-13-5-7-15)10-2-3-11-12(14-10)17-8-16-11/h2-3,9,13H,4-8H2,1H3. The lowest BCUT2D eigenvalue weighted by Crippen LogP contribution is -2.44. The van der Waals surface area contributed by atoms with Crippen LogP contribution in [0.1, 0.15) is 18.7 Å². The number of hydrogen-bond donors (Lipinski definition) is 1. The molecule has 5 nitrogen and oxygen atoms in total. The van der Waals surface area contributed by atoms with Gasteiger partial charge in [0.05, 0.1) is 5.69 Å². The summed E-state index contributed by atoms with van der Waals surface area (Å²) in [7, 11) is 0. The molecule has 0 bridgehead atoms. The van der Waals surface area contributed by atoms with Crippen LogP contribution in [0.15, 0.2) is 12.1 Å². The number of piperazine rings is 1. The van der Waals surface area contributed by atoms with Gasteiger partial charge in [-0.1, -0.05) is 0 Å². The third-order valence-electron chi connectivity index (χ3n) is 3.38. The van der Waals surface area contributed by atoms with Crippen molar-refractivity contribution < 1.29 is 9.47 Å². The maximum absolute atomic E-state index is 5.31. The van der Waals surface area contributed by atoms with E-state index in [0.717, 1.165) is 37.6 Å². The SMILES string of the molecule is CC(c1ccc2c(n1)OCO2)N1CCNCC1. The van der Waals surface area contributed by atoms with Gasteiger partial charge in [-0.15, -0.1) is 0 Å². The van der Waals surface area contributed by atoms with E-state index in [2.05, 4.69) is 22.1 Å². The summed E-state index contributed by atoms with van der Waals surface area (Å²) in [5.74, 6) is 1.38. The minimum atomic E-state index is 0.286. The molecule has 0 aromatic carbocycles. The van der Waals surface area contributed by atoms with E-state index in [4.69, 9.17) is 9.47 Å². The van der Waals surface area contributed by atoms with Gasteiger partial charge in [-0.2, -0.15) is 0 Å². The van der Waals surface area contributed by atoms with Crippen molar-refractivity contribution >= 4 is 0 Å². The lowest BCUT2D eigenvalue weighted by atomic mass is 10.1. The second-order valence-corrected chi connectivity index (χ2v) is 4.41. The zero-order chi connectivity index (χ0) is 11.7. The molecule has 0 radical (unpaired) electrons. The second-order valence-electron chi connectivity index (χ2n) is 4.41. The molecule has 1 aromatic rings. The summed E-state index contributed by atoms with van der Waals surface area (Å²) >= 11 is 0. The lowest BCUT2D eigenvalue weighted by Gasteiger charge is -2.32. The molecular weight excluding hydrogens is 218 g/mol. The summed E-state index contributed by atoms with van der Waals surface area (Å²) in [5.41, 5.74) is 1.05. The molecule has 1 atom stereocenters. The molecule has 17 heavy (non-hydrogen) atoms. The predicted molar refractivity (Wildman–Crippen MR) is 63.2 cm³/mol. The first kappa shape index (κ1) is 10.8. The fourth-order valence-corrected chi connectivity index (χ4v) is 2.29. The summed E-state index contributed by atoms with van der Waals surface area (Å²) in [5, 5.41) is 3.36. The number of fused-ring (bicyclic) bond motifs is 1. The molecule has 1 aromatic heterocycles. The van der Waals surface area contributed by atoms with E-state index in [0.29, 0.717) is 11.9 Å². The summed E-state index contributed by atoms with van der Waals surface area (Å²) < 4.78 is 10.6. The van der Waals surface area contributed by atoms with E-state index < -0.39 is 0 Å². The highest BCUT2D eigenvalue weighted by molar-refractivity contribution is 5.37. The Kier molecular flexibility index (Phi) is 2.86. The molecule has 5 heteroatoms. The average Bonchev–Trinajstić information content (AvgIpc) is 2.86. The quantitative estimate of drug-likeness (QED) is 0.820. The molecule has 2 aliphatic rings. The summed E-state index contributed by atoms with van der Waals surface area (Å²) in [6.45, 7) is 6.71. The van der Waals surface area contributed by atoms with Crippen molar-refractivity contribution in [3.05, 3.63) is 17.8 Å². The Balaban J connectivity index is 1.78. The van der Waals surface area contributed by atoms with Crippen LogP contribution in [0.2, 0.25) is 0 Å². The molecular formula is C12H17N3O2. The Morgan fingerprint density at radius 3 is 2.94 bits per heavy atom. The van der Waals surface area contributed by atoms with E-state index in [-0.39, 0.29) is 6.79 Å². The minimum Gasteiger partial charge on any atom is -0.452 e. The minimum absolute atomic E-state index is 0.286. The number of ether oxygens (including phenoxy) is 2. The van der Waals surface area contributed by atoms with Crippen LogP contribution in [0.3, 0.4) is 0 Å². The summed E-state index contributed by atoms with van der Waals surface area (Å²) in [6.07, 6.45) is 0. The molecule has 0 amide bonds. The highest BCUT2D eigenvalue weighted by Crippen LogP contribution is 2.31. The maximum Gasteiger partial charge on any atom is 0.260 e. The lowest BCUT2D eigenvalue weighted by molar-refractivity contribution is 0.168. The van der Waals surface area contributed by atoms with Crippen molar-refractivity contribution in [2.24, 2.45) is 0 Å². The van der Waals surface area contributed by atoms with Crippen LogP contribution in [-0.4, -0.2) is 42.9 Å². The van der Waals surface area contributed by atoms with Gasteiger partial charge in [-0.25, -0.2) is 4.98 Å². The zero-order valence-electron chi connectivity index (χ0n) is 9.98. The highest BCUT2D eigenvalue weighted by Gasteiger charge is 2.22. The molecule has 2 aliphatic heterocycles. The summed E-state index contributed by atoms with van der Waals surface area (Å²) in [6, 6.07) is 4.30. The Morgan fingerprint density at radius 1 is 1.29 bits per heavy atom. The molecule has 3 rings (SSSR count). The Hall–Kier alpha value is -1.33. The average molecular weight is 235 g/mol. The van der Waals surface area contributed by atoms with Gasteiger partial charge in [0.25, 0.3) is 5.88 Å². The maximum atomic E-state index is 5.31. The molecule has 0 aliphatic carbocycles. The summed E-state index contributed by atoms with van der Waals surface area (Å²) in [4.78, 5) is 6.95. The molecule has 0 saturated carbocycles. The molecule has 1 saturated heterocycles. The number of nitrogens with one attached hydrogen (secondary N) is 1. The number of aromatic nitrogens is 1. The topological polar surface area (TPSA) is 46.6 Å². The molecule has 3 heterocycles. The molecule has 1 N–H and O–H groups in total. The van der Waals surface area contributed by atoms with Crippen LogP contribution in [0.5, 0.6) is 11.6 Å². The van der Waals surface area contributed by atoms with Gasteiger partial charge < -0.3 is 14.8 Å². The van der Waals surface area contributed by atoms with E-state index in [1.807, 2.05) is 12.1 Å². The van der Waals surface area contributed by atoms with Crippen molar-refractivity contribution in [1.82, 2.24) is 15.2 Å². The van der Waals surface area contributed by atoms with Gasteiger partial charge in [0.15, 0.2) is 5.75 Å². The predicted octanol–water partition coefficient (Wildman–Crippen LogP) is 0.776. The molecule has 1 fully saturated rings. The van der Waals surface area contributed by atoms with Crippen LogP contribution in [0.4, 0.5) is 0 Å². The van der Waals surface area contributed by atoms with Crippen molar-refractivity contribution in [3.8, 4) is 11.6 Å². The van der Waals surface area contributed by atoms with Crippen molar-refractivity contribution in [1.29, 1.82) is 0 Å². The van der Waals surface area contributed by atoms with Crippen LogP contribution in [-0.2, 0) is 0 Å². The Bertz CT molecular complexity index is 405. The fourth-order valence-electron chi connectivity index (χ4n) is 2.29. The van der Waals surface area contributed by atoms with Gasteiger partial charge in [0.1, 0.15) is 0 Å². The fraction of sp³-hybridized carbons (Fsp3) is 0.583. The normalized spacial score (nSPS) is 21.5. The van der Waals surface area contributed by atoms with Crippen LogP contribution < -0.4 is 14.8 Å². The van der Waals surface area contributed by atoms with E-state index >= 15 is 0 Å². The van der Waals surface area contributed by atoms with Crippen LogP contribution in [0.25, 0.3) is 0 Å². The van der Waals surface area contributed by atoms with Gasteiger partial charge in [0.2, 0.25) is 6.79 Å².